The predicted molar refractivity (Wildman–Crippen MR) is 81.9 cm³/mol. The number of hydrogen-bond acceptors (Lipinski definition) is 5. The standard InChI is InChI=1S/C10H8BrClN2O2S3/c11-9-6(12)3-8(18-9)19(15,16)14-10-13-7(4-17-10)5-1-2-5/h3-5H,1-2H2,(H,13,14). The average molecular weight is 400 g/mol. The molecule has 0 spiro atoms. The molecule has 1 aliphatic rings. The first-order chi connectivity index (χ1) is 8.95. The second kappa shape index (κ2) is 5.00. The van der Waals surface area contributed by atoms with Crippen LogP contribution in [0.2, 0.25) is 5.02 Å². The molecule has 1 fully saturated rings. The Labute approximate surface area is 132 Å². The van der Waals surface area contributed by atoms with Gasteiger partial charge in [0.1, 0.15) is 4.21 Å². The number of nitrogens with one attached hydrogen (secondary N) is 1. The minimum absolute atomic E-state index is 0.174. The van der Waals surface area contributed by atoms with E-state index in [0.29, 0.717) is 19.9 Å². The van der Waals surface area contributed by atoms with Gasteiger partial charge in [-0.3, -0.25) is 4.72 Å². The Hall–Kier alpha value is -0.150. The van der Waals surface area contributed by atoms with Crippen LogP contribution in [0.25, 0.3) is 0 Å². The number of thiophene rings is 1. The van der Waals surface area contributed by atoms with Crippen LogP contribution in [0.5, 0.6) is 0 Å². The van der Waals surface area contributed by atoms with E-state index in [0.717, 1.165) is 29.9 Å². The maximum atomic E-state index is 12.1. The molecule has 1 saturated carbocycles. The number of rotatable bonds is 4. The van der Waals surface area contributed by atoms with Gasteiger partial charge in [-0.25, -0.2) is 13.4 Å². The lowest BCUT2D eigenvalue weighted by molar-refractivity contribution is 0.603. The van der Waals surface area contributed by atoms with Crippen molar-refractivity contribution in [2.45, 2.75) is 23.0 Å². The van der Waals surface area contributed by atoms with E-state index >= 15 is 0 Å². The summed E-state index contributed by atoms with van der Waals surface area (Å²) in [7, 11) is -3.60. The molecule has 1 aliphatic carbocycles. The van der Waals surface area contributed by atoms with Crippen molar-refractivity contribution in [3.8, 4) is 0 Å². The van der Waals surface area contributed by atoms with Crippen molar-refractivity contribution in [3.05, 3.63) is 25.9 Å². The van der Waals surface area contributed by atoms with E-state index in [1.54, 1.807) is 0 Å². The number of nitrogens with zero attached hydrogens (tertiary/aromatic N) is 1. The van der Waals surface area contributed by atoms with E-state index in [2.05, 4.69) is 25.6 Å². The van der Waals surface area contributed by atoms with E-state index in [1.807, 2.05) is 5.38 Å². The molecule has 0 aromatic carbocycles. The predicted octanol–water partition coefficient (Wildman–Crippen LogP) is 4.30. The summed E-state index contributed by atoms with van der Waals surface area (Å²) in [4.78, 5) is 4.30. The van der Waals surface area contributed by atoms with Crippen LogP contribution in [0, 0.1) is 0 Å². The molecule has 3 rings (SSSR count). The maximum absolute atomic E-state index is 12.1. The normalized spacial score (nSPS) is 15.7. The van der Waals surface area contributed by atoms with Crippen molar-refractivity contribution in [1.29, 1.82) is 0 Å². The van der Waals surface area contributed by atoms with Gasteiger partial charge in [-0.2, -0.15) is 0 Å². The van der Waals surface area contributed by atoms with Crippen LogP contribution < -0.4 is 4.72 Å². The van der Waals surface area contributed by atoms with E-state index in [1.165, 1.54) is 17.4 Å². The second-order valence-corrected chi connectivity index (χ2v) is 9.69. The van der Waals surface area contributed by atoms with Crippen molar-refractivity contribution < 1.29 is 8.42 Å². The third-order valence-electron chi connectivity index (χ3n) is 2.63. The minimum Gasteiger partial charge on any atom is -0.254 e. The van der Waals surface area contributed by atoms with Crippen molar-refractivity contribution in [2.75, 3.05) is 4.72 Å². The van der Waals surface area contributed by atoms with Crippen molar-refractivity contribution in [2.24, 2.45) is 0 Å². The van der Waals surface area contributed by atoms with Crippen LogP contribution in [-0.2, 0) is 10.0 Å². The molecule has 0 saturated heterocycles. The van der Waals surface area contributed by atoms with Gasteiger partial charge in [-0.05, 0) is 34.8 Å². The fourth-order valence-electron chi connectivity index (χ4n) is 1.52. The SMILES string of the molecule is O=S(=O)(Nc1nc(C2CC2)cs1)c1cc(Cl)c(Br)s1. The van der Waals surface area contributed by atoms with Gasteiger partial charge < -0.3 is 0 Å². The smallest absolute Gasteiger partial charge is 0.254 e. The highest BCUT2D eigenvalue weighted by Crippen LogP contribution is 2.41. The van der Waals surface area contributed by atoms with Crippen LogP contribution in [0.15, 0.2) is 19.4 Å². The van der Waals surface area contributed by atoms with Gasteiger partial charge in [-0.15, -0.1) is 22.7 Å². The highest BCUT2D eigenvalue weighted by atomic mass is 79.9. The molecule has 2 aromatic rings. The molecule has 19 heavy (non-hydrogen) atoms. The van der Waals surface area contributed by atoms with Gasteiger partial charge in [0.15, 0.2) is 5.13 Å². The Kier molecular flexibility index (Phi) is 3.63. The third kappa shape index (κ3) is 2.97. The van der Waals surface area contributed by atoms with Crippen molar-refractivity contribution in [3.63, 3.8) is 0 Å². The van der Waals surface area contributed by atoms with Gasteiger partial charge in [0.2, 0.25) is 0 Å². The molecule has 0 aliphatic heterocycles. The van der Waals surface area contributed by atoms with Crippen molar-refractivity contribution in [1.82, 2.24) is 4.98 Å². The molecule has 1 N–H and O–H groups in total. The first-order valence-corrected chi connectivity index (χ1v) is 9.74. The largest absolute Gasteiger partial charge is 0.273 e. The zero-order valence-electron chi connectivity index (χ0n) is 9.39. The summed E-state index contributed by atoms with van der Waals surface area (Å²) in [5.74, 6) is 0.514. The summed E-state index contributed by atoms with van der Waals surface area (Å²) in [5.41, 5.74) is 0.980. The maximum Gasteiger partial charge on any atom is 0.273 e. The molecule has 0 amide bonds. The van der Waals surface area contributed by atoms with Gasteiger partial charge in [0.25, 0.3) is 10.0 Å². The van der Waals surface area contributed by atoms with E-state index < -0.39 is 10.0 Å². The topological polar surface area (TPSA) is 59.1 Å². The first-order valence-electron chi connectivity index (χ1n) is 5.39. The molecular formula is C10H8BrClN2O2S3. The van der Waals surface area contributed by atoms with Crippen LogP contribution in [0.1, 0.15) is 24.5 Å². The number of sulfonamides is 1. The number of hydrogen-bond donors (Lipinski definition) is 1. The Morgan fingerprint density at radius 2 is 2.21 bits per heavy atom. The van der Waals surface area contributed by atoms with Gasteiger partial charge in [0.05, 0.1) is 14.5 Å². The molecule has 0 unspecified atom stereocenters. The molecular weight excluding hydrogens is 392 g/mol. The lowest BCUT2D eigenvalue weighted by Gasteiger charge is -2.01. The molecule has 9 heteroatoms. The van der Waals surface area contributed by atoms with E-state index in [-0.39, 0.29) is 4.21 Å². The zero-order chi connectivity index (χ0) is 13.6. The Morgan fingerprint density at radius 1 is 1.47 bits per heavy atom. The fourth-order valence-corrected chi connectivity index (χ4v) is 5.97. The lowest BCUT2D eigenvalue weighted by Crippen LogP contribution is -2.11. The Morgan fingerprint density at radius 3 is 2.79 bits per heavy atom. The summed E-state index contributed by atoms with van der Waals surface area (Å²) in [5, 5.41) is 2.71. The molecule has 0 atom stereocenters. The van der Waals surface area contributed by atoms with Crippen molar-refractivity contribution >= 4 is 65.4 Å². The van der Waals surface area contributed by atoms with E-state index in [4.69, 9.17) is 11.6 Å². The number of halogens is 2. The van der Waals surface area contributed by atoms with Crippen LogP contribution >= 0.6 is 50.2 Å². The zero-order valence-corrected chi connectivity index (χ0v) is 14.2. The molecule has 2 heterocycles. The first kappa shape index (κ1) is 13.8. The summed E-state index contributed by atoms with van der Waals surface area (Å²) in [6.07, 6.45) is 2.28. The van der Waals surface area contributed by atoms with Crippen LogP contribution in [0.3, 0.4) is 0 Å². The quantitative estimate of drug-likeness (QED) is 0.834. The Bertz CT molecular complexity index is 701. The number of anilines is 1. The third-order valence-corrected chi connectivity index (χ3v) is 7.82. The highest BCUT2D eigenvalue weighted by molar-refractivity contribution is 9.11. The van der Waals surface area contributed by atoms with Gasteiger partial charge in [0, 0.05) is 11.3 Å². The highest BCUT2D eigenvalue weighted by Gasteiger charge is 2.27. The van der Waals surface area contributed by atoms with E-state index in [9.17, 15) is 8.42 Å². The van der Waals surface area contributed by atoms with Gasteiger partial charge >= 0.3 is 0 Å². The Balaban J connectivity index is 1.83. The van der Waals surface area contributed by atoms with Gasteiger partial charge in [-0.1, -0.05) is 11.6 Å². The number of thiazole rings is 1. The summed E-state index contributed by atoms with van der Waals surface area (Å²) in [6, 6.07) is 1.42. The number of aromatic nitrogens is 1. The summed E-state index contributed by atoms with van der Waals surface area (Å²) in [6.45, 7) is 0. The second-order valence-electron chi connectivity index (χ2n) is 4.14. The molecule has 4 nitrogen and oxygen atoms in total. The minimum atomic E-state index is -3.60. The van der Waals surface area contributed by atoms with Crippen LogP contribution in [0.4, 0.5) is 5.13 Å². The average Bonchev–Trinajstić information content (AvgIpc) is 3.00. The summed E-state index contributed by atoms with van der Waals surface area (Å²) < 4.78 is 27.6. The molecule has 0 bridgehead atoms. The summed E-state index contributed by atoms with van der Waals surface area (Å²) >= 11 is 11.4. The van der Waals surface area contributed by atoms with Crippen LogP contribution in [-0.4, -0.2) is 13.4 Å². The lowest BCUT2D eigenvalue weighted by atomic mass is 10.3. The molecule has 0 radical (unpaired) electrons. The molecule has 102 valence electrons. The fraction of sp³-hybridized carbons (Fsp3) is 0.300. The molecule has 2 aromatic heterocycles. The monoisotopic (exact) mass is 398 g/mol.